The van der Waals surface area contributed by atoms with Crippen LogP contribution in [0, 0.1) is 21.4 Å². The van der Waals surface area contributed by atoms with Crippen molar-refractivity contribution in [2.75, 3.05) is 46.4 Å². The Kier molecular flexibility index (Phi) is 8.39. The highest BCUT2D eigenvalue weighted by molar-refractivity contribution is 6.07. The van der Waals surface area contributed by atoms with Gasteiger partial charge >= 0.3 is 11.9 Å². The van der Waals surface area contributed by atoms with E-state index in [-0.39, 0.29) is 23.3 Å². The van der Waals surface area contributed by atoms with Crippen molar-refractivity contribution in [2.24, 2.45) is 16.3 Å². The number of ether oxygens (including phenoxy) is 2. The molecule has 2 heterocycles. The van der Waals surface area contributed by atoms with Crippen LogP contribution in [0.5, 0.6) is 0 Å². The molecule has 1 saturated heterocycles. The molecule has 1 fully saturated rings. The minimum absolute atomic E-state index is 0.131. The molecule has 1 aromatic carbocycles. The molecule has 0 aromatic heterocycles. The van der Waals surface area contributed by atoms with Crippen molar-refractivity contribution in [3.8, 4) is 0 Å². The molecule has 190 valence electrons. The molecule has 10 heteroatoms. The summed E-state index contributed by atoms with van der Waals surface area (Å²) in [7, 11) is 1.27. The molecule has 0 aliphatic carbocycles. The number of hydrogen-bond acceptors (Lipinski definition) is 9. The van der Waals surface area contributed by atoms with Crippen molar-refractivity contribution in [3.05, 3.63) is 51.2 Å². The molecule has 0 bridgehead atoms. The Morgan fingerprint density at radius 1 is 1.26 bits per heavy atom. The molecule has 2 aliphatic heterocycles. The van der Waals surface area contributed by atoms with Gasteiger partial charge in [0.15, 0.2) is 0 Å². The average molecular weight is 487 g/mol. The maximum Gasteiger partial charge on any atom is 0.336 e. The van der Waals surface area contributed by atoms with Gasteiger partial charge in [0.2, 0.25) is 0 Å². The molecule has 2 unspecified atom stereocenters. The van der Waals surface area contributed by atoms with Gasteiger partial charge in [0.25, 0.3) is 5.69 Å². The van der Waals surface area contributed by atoms with E-state index in [9.17, 15) is 19.7 Å². The van der Waals surface area contributed by atoms with Gasteiger partial charge in [-0.2, -0.15) is 0 Å². The first-order valence-corrected chi connectivity index (χ1v) is 11.7. The second kappa shape index (κ2) is 11.1. The summed E-state index contributed by atoms with van der Waals surface area (Å²) in [4.78, 5) is 43.9. The quantitative estimate of drug-likeness (QED) is 0.338. The van der Waals surface area contributed by atoms with Gasteiger partial charge < -0.3 is 19.7 Å². The van der Waals surface area contributed by atoms with Gasteiger partial charge in [-0.15, -0.1) is 0 Å². The number of nitrogens with one attached hydrogen (secondary N) is 1. The average Bonchev–Trinajstić information content (AvgIpc) is 2.82. The zero-order valence-corrected chi connectivity index (χ0v) is 21.0. The molecule has 1 N–H and O–H groups in total. The smallest absolute Gasteiger partial charge is 0.336 e. The van der Waals surface area contributed by atoms with Gasteiger partial charge in [-0.25, -0.2) is 4.79 Å². The molecule has 0 radical (unpaired) electrons. The van der Waals surface area contributed by atoms with E-state index in [4.69, 9.17) is 9.47 Å². The standard InChI is InChI=1S/C25H34N4O6/c1-16-20(23(30)34-5)22(18-7-6-8-19(13-18)29(32)33)21(17(2)27-16)24(31)35-15-25(3,4)14-28-11-9-26-10-12-28/h6-8,13,20,22,26H,9-12,14-15H2,1-5H3. The largest absolute Gasteiger partial charge is 0.468 e. The summed E-state index contributed by atoms with van der Waals surface area (Å²) in [5.74, 6) is -2.87. The van der Waals surface area contributed by atoms with E-state index in [2.05, 4.69) is 15.2 Å². The second-order valence-corrected chi connectivity index (χ2v) is 9.85. The summed E-state index contributed by atoms with van der Waals surface area (Å²) in [6.07, 6.45) is 0. The van der Waals surface area contributed by atoms with E-state index in [0.29, 0.717) is 17.0 Å². The van der Waals surface area contributed by atoms with Crippen LogP contribution < -0.4 is 5.32 Å². The number of esters is 2. The van der Waals surface area contributed by atoms with Crippen LogP contribution in [0.2, 0.25) is 0 Å². The van der Waals surface area contributed by atoms with Crippen LogP contribution in [-0.4, -0.2) is 73.9 Å². The summed E-state index contributed by atoms with van der Waals surface area (Å²) in [6, 6.07) is 5.96. The van der Waals surface area contributed by atoms with E-state index in [1.54, 1.807) is 19.9 Å². The number of non-ortho nitro benzene ring substituents is 1. The van der Waals surface area contributed by atoms with E-state index >= 15 is 0 Å². The zero-order chi connectivity index (χ0) is 25.8. The van der Waals surface area contributed by atoms with Crippen LogP contribution in [0.3, 0.4) is 0 Å². The third-order valence-corrected chi connectivity index (χ3v) is 6.40. The summed E-state index contributed by atoms with van der Waals surface area (Å²) >= 11 is 0. The normalized spacial score (nSPS) is 21.3. The topological polar surface area (TPSA) is 123 Å². The van der Waals surface area contributed by atoms with Crippen LogP contribution in [0.4, 0.5) is 5.69 Å². The SMILES string of the molecule is COC(=O)C1C(C)=NC(C)=C(C(=O)OCC(C)(C)CN2CCNCC2)C1c1cccc([N+](=O)[O-])c1. The third kappa shape index (κ3) is 6.32. The van der Waals surface area contributed by atoms with Gasteiger partial charge in [-0.1, -0.05) is 26.0 Å². The summed E-state index contributed by atoms with van der Waals surface area (Å²) < 4.78 is 10.8. The number of rotatable bonds is 8. The van der Waals surface area contributed by atoms with E-state index in [1.165, 1.54) is 25.3 Å². The fourth-order valence-electron chi connectivity index (χ4n) is 4.79. The monoisotopic (exact) mass is 486 g/mol. The predicted octanol–water partition coefficient (Wildman–Crippen LogP) is 2.69. The van der Waals surface area contributed by atoms with Gasteiger partial charge in [0, 0.05) is 67.6 Å². The molecule has 2 aliphatic rings. The Morgan fingerprint density at radius 2 is 1.94 bits per heavy atom. The molecule has 1 aromatic rings. The van der Waals surface area contributed by atoms with Crippen molar-refractivity contribution in [1.29, 1.82) is 0 Å². The number of aliphatic imine (C=N–C) groups is 1. The number of nitro groups is 1. The zero-order valence-electron chi connectivity index (χ0n) is 21.0. The number of nitro benzene ring substituents is 1. The molecular weight excluding hydrogens is 452 g/mol. The maximum absolute atomic E-state index is 13.5. The lowest BCUT2D eigenvalue weighted by Gasteiger charge is -2.35. The van der Waals surface area contributed by atoms with E-state index in [1.807, 2.05) is 13.8 Å². The van der Waals surface area contributed by atoms with Crippen LogP contribution in [0.1, 0.15) is 39.2 Å². The Balaban J connectivity index is 1.91. The van der Waals surface area contributed by atoms with Crippen LogP contribution in [0.15, 0.2) is 40.5 Å². The molecule has 0 amide bonds. The number of allylic oxidation sites excluding steroid dienone is 1. The summed E-state index contributed by atoms with van der Waals surface area (Å²) in [6.45, 7) is 12.1. The number of carbonyl (C=O) groups is 2. The van der Waals surface area contributed by atoms with Gasteiger partial charge in [0.05, 0.1) is 24.2 Å². The van der Waals surface area contributed by atoms with E-state index in [0.717, 1.165) is 32.7 Å². The van der Waals surface area contributed by atoms with Crippen LogP contribution >= 0.6 is 0 Å². The Hall–Kier alpha value is -3.11. The number of nitrogens with zero attached hydrogens (tertiary/aromatic N) is 3. The lowest BCUT2D eigenvalue weighted by atomic mass is 9.75. The highest BCUT2D eigenvalue weighted by Crippen LogP contribution is 2.41. The second-order valence-electron chi connectivity index (χ2n) is 9.85. The number of hydrogen-bond donors (Lipinski definition) is 1. The summed E-state index contributed by atoms with van der Waals surface area (Å²) in [5.41, 5.74) is 1.14. The fourth-order valence-corrected chi connectivity index (χ4v) is 4.79. The highest BCUT2D eigenvalue weighted by Gasteiger charge is 2.43. The van der Waals surface area contributed by atoms with Crippen LogP contribution in [0.25, 0.3) is 0 Å². The Labute approximate surface area is 205 Å². The van der Waals surface area contributed by atoms with E-state index < -0.39 is 28.7 Å². The van der Waals surface area contributed by atoms with Crippen molar-refractivity contribution in [3.63, 3.8) is 0 Å². The first kappa shape index (κ1) is 26.5. The lowest BCUT2D eigenvalue weighted by Crippen LogP contribution is -2.48. The number of benzene rings is 1. The number of piperazine rings is 1. The van der Waals surface area contributed by atoms with Crippen molar-refractivity contribution < 1.29 is 24.0 Å². The first-order chi connectivity index (χ1) is 16.5. The number of methoxy groups -OCH3 is 1. The minimum atomic E-state index is -0.901. The van der Waals surface area contributed by atoms with Crippen LogP contribution in [-0.2, 0) is 19.1 Å². The molecule has 35 heavy (non-hydrogen) atoms. The fraction of sp³-hybridized carbons (Fsp3) is 0.560. The van der Waals surface area contributed by atoms with Crippen molar-refractivity contribution in [1.82, 2.24) is 10.2 Å². The predicted molar refractivity (Wildman–Crippen MR) is 131 cm³/mol. The maximum atomic E-state index is 13.5. The van der Waals surface area contributed by atoms with Gasteiger partial charge in [0.1, 0.15) is 5.92 Å². The molecule has 10 nitrogen and oxygen atoms in total. The van der Waals surface area contributed by atoms with Crippen molar-refractivity contribution in [2.45, 2.75) is 33.6 Å². The Bertz CT molecular complexity index is 1040. The highest BCUT2D eigenvalue weighted by atomic mass is 16.6. The first-order valence-electron chi connectivity index (χ1n) is 11.7. The lowest BCUT2D eigenvalue weighted by molar-refractivity contribution is -0.384. The number of carbonyl (C=O) groups excluding carboxylic acids is 2. The minimum Gasteiger partial charge on any atom is -0.468 e. The molecule has 3 rings (SSSR count). The molecule has 0 saturated carbocycles. The Morgan fingerprint density at radius 3 is 2.57 bits per heavy atom. The third-order valence-electron chi connectivity index (χ3n) is 6.40. The molecular formula is C25H34N4O6. The van der Waals surface area contributed by atoms with Crippen molar-refractivity contribution >= 4 is 23.3 Å². The summed E-state index contributed by atoms with van der Waals surface area (Å²) in [5, 5.41) is 14.7. The molecule has 2 atom stereocenters. The van der Waals surface area contributed by atoms with Gasteiger partial charge in [-0.3, -0.25) is 19.9 Å². The molecule has 0 spiro atoms. The van der Waals surface area contributed by atoms with Gasteiger partial charge in [-0.05, 0) is 19.4 Å².